The van der Waals surface area contributed by atoms with E-state index in [1.807, 2.05) is 25.1 Å². The van der Waals surface area contributed by atoms with Crippen molar-refractivity contribution < 1.29 is 14.6 Å². The van der Waals surface area contributed by atoms with E-state index >= 15 is 0 Å². The van der Waals surface area contributed by atoms with Crippen molar-refractivity contribution in [2.24, 2.45) is 10.4 Å². The molecule has 1 aliphatic rings. The second-order valence-corrected chi connectivity index (χ2v) is 6.44. The van der Waals surface area contributed by atoms with Gasteiger partial charge in [0.05, 0.1) is 26.4 Å². The van der Waals surface area contributed by atoms with E-state index in [0.29, 0.717) is 32.9 Å². The maximum Gasteiger partial charge on any atom is 0.191 e. The van der Waals surface area contributed by atoms with Gasteiger partial charge in [-0.2, -0.15) is 0 Å². The van der Waals surface area contributed by atoms with Gasteiger partial charge < -0.3 is 25.2 Å². The van der Waals surface area contributed by atoms with Gasteiger partial charge in [-0.3, -0.25) is 4.99 Å². The second kappa shape index (κ2) is 13.3. The Morgan fingerprint density at radius 1 is 1.31 bits per heavy atom. The zero-order valence-electron chi connectivity index (χ0n) is 15.6. The van der Waals surface area contributed by atoms with Crippen LogP contribution in [0.15, 0.2) is 35.3 Å². The van der Waals surface area contributed by atoms with Crippen molar-refractivity contribution >= 4 is 29.9 Å². The van der Waals surface area contributed by atoms with Gasteiger partial charge in [0, 0.05) is 31.7 Å². The van der Waals surface area contributed by atoms with Crippen LogP contribution in [0.1, 0.15) is 25.3 Å². The topological polar surface area (TPSA) is 75.1 Å². The van der Waals surface area contributed by atoms with E-state index in [-0.39, 0.29) is 36.0 Å². The summed E-state index contributed by atoms with van der Waals surface area (Å²) < 4.78 is 11.2. The Bertz CT molecular complexity index is 508. The molecule has 0 saturated carbocycles. The minimum absolute atomic E-state index is 0. The molecule has 0 amide bonds. The molecule has 1 aromatic rings. The molecule has 1 unspecified atom stereocenters. The van der Waals surface area contributed by atoms with Crippen LogP contribution in [-0.2, 0) is 16.1 Å². The Hall–Kier alpha value is -0.900. The van der Waals surface area contributed by atoms with E-state index < -0.39 is 0 Å². The molecule has 0 spiro atoms. The summed E-state index contributed by atoms with van der Waals surface area (Å²) in [4.78, 5) is 4.69. The van der Waals surface area contributed by atoms with Crippen LogP contribution in [0.5, 0.6) is 0 Å². The Morgan fingerprint density at radius 3 is 2.77 bits per heavy atom. The fraction of sp³-hybridized carbons (Fsp3) is 0.632. The number of halogens is 1. The molecule has 6 nitrogen and oxygen atoms in total. The SMILES string of the molecule is CCNC(=NCC1(CCO)CCOC1)NCCOCc1ccccc1.I. The third-order valence-electron chi connectivity index (χ3n) is 4.39. The average Bonchev–Trinajstić information content (AvgIpc) is 3.09. The molecule has 1 aromatic carbocycles. The lowest BCUT2D eigenvalue weighted by molar-refractivity contribution is 0.125. The number of aliphatic hydroxyl groups excluding tert-OH is 1. The number of aliphatic hydroxyl groups is 1. The molecule has 2 rings (SSSR count). The fourth-order valence-electron chi connectivity index (χ4n) is 2.88. The van der Waals surface area contributed by atoms with Gasteiger partial charge in [0.25, 0.3) is 0 Å². The van der Waals surface area contributed by atoms with Crippen LogP contribution in [0.25, 0.3) is 0 Å². The lowest BCUT2D eigenvalue weighted by atomic mass is 9.84. The van der Waals surface area contributed by atoms with Gasteiger partial charge in [-0.25, -0.2) is 0 Å². The molecule has 0 aliphatic carbocycles. The molecule has 0 bridgehead atoms. The van der Waals surface area contributed by atoms with Crippen LogP contribution in [0.2, 0.25) is 0 Å². The summed E-state index contributed by atoms with van der Waals surface area (Å²) in [5.41, 5.74) is 1.15. The van der Waals surface area contributed by atoms with Gasteiger partial charge in [0.2, 0.25) is 0 Å². The third kappa shape index (κ3) is 8.20. The van der Waals surface area contributed by atoms with Gasteiger partial charge in [-0.1, -0.05) is 30.3 Å². The molecule has 148 valence electrons. The highest BCUT2D eigenvalue weighted by Gasteiger charge is 2.34. The number of hydrogen-bond donors (Lipinski definition) is 3. The number of aliphatic imine (C=N–C) groups is 1. The quantitative estimate of drug-likeness (QED) is 0.209. The summed E-state index contributed by atoms with van der Waals surface area (Å²) in [6.07, 6.45) is 1.69. The van der Waals surface area contributed by atoms with Crippen molar-refractivity contribution in [2.45, 2.75) is 26.4 Å². The van der Waals surface area contributed by atoms with Gasteiger partial charge in [-0.15, -0.1) is 24.0 Å². The first kappa shape index (κ1) is 23.1. The van der Waals surface area contributed by atoms with E-state index in [4.69, 9.17) is 9.47 Å². The normalized spacial score (nSPS) is 19.8. The first-order chi connectivity index (χ1) is 12.3. The summed E-state index contributed by atoms with van der Waals surface area (Å²) in [5.74, 6) is 0.787. The Kier molecular flexibility index (Phi) is 11.8. The summed E-state index contributed by atoms with van der Waals surface area (Å²) in [5, 5.41) is 15.9. The first-order valence-electron chi connectivity index (χ1n) is 9.10. The summed E-state index contributed by atoms with van der Waals surface area (Å²) in [7, 11) is 0. The van der Waals surface area contributed by atoms with Crippen LogP contribution in [0, 0.1) is 5.41 Å². The van der Waals surface area contributed by atoms with E-state index in [1.54, 1.807) is 0 Å². The molecule has 1 fully saturated rings. The zero-order valence-corrected chi connectivity index (χ0v) is 17.9. The van der Waals surface area contributed by atoms with Crippen molar-refractivity contribution in [3.8, 4) is 0 Å². The predicted molar refractivity (Wildman–Crippen MR) is 115 cm³/mol. The standard InChI is InChI=1S/C19H31N3O3.HI/c1-2-20-18(22-15-19(8-11-23)9-12-25-16-19)21-10-13-24-14-17-6-4-3-5-7-17;/h3-7,23H,2,8-16H2,1H3,(H2,20,21,22);1H. The van der Waals surface area contributed by atoms with Crippen molar-refractivity contribution in [2.75, 3.05) is 46.1 Å². The third-order valence-corrected chi connectivity index (χ3v) is 4.39. The number of nitrogens with one attached hydrogen (secondary N) is 2. The summed E-state index contributed by atoms with van der Waals surface area (Å²) in [6, 6.07) is 10.2. The predicted octanol–water partition coefficient (Wildman–Crippen LogP) is 2.17. The molecule has 1 heterocycles. The number of ether oxygens (including phenoxy) is 2. The smallest absolute Gasteiger partial charge is 0.191 e. The second-order valence-electron chi connectivity index (χ2n) is 6.44. The maximum absolute atomic E-state index is 9.30. The van der Waals surface area contributed by atoms with Crippen LogP contribution in [0.3, 0.4) is 0 Å². The van der Waals surface area contributed by atoms with E-state index in [2.05, 4.69) is 27.8 Å². The Labute approximate surface area is 173 Å². The zero-order chi connectivity index (χ0) is 17.8. The maximum atomic E-state index is 9.30. The van der Waals surface area contributed by atoms with Gasteiger partial charge in [0.15, 0.2) is 5.96 Å². The largest absolute Gasteiger partial charge is 0.396 e. The van der Waals surface area contributed by atoms with E-state index in [0.717, 1.165) is 32.0 Å². The molecule has 3 N–H and O–H groups in total. The number of nitrogens with zero attached hydrogens (tertiary/aromatic N) is 1. The molecule has 1 aliphatic heterocycles. The van der Waals surface area contributed by atoms with E-state index in [1.165, 1.54) is 5.56 Å². The lowest BCUT2D eigenvalue weighted by Crippen LogP contribution is -2.40. The van der Waals surface area contributed by atoms with E-state index in [9.17, 15) is 5.11 Å². The molecular weight excluding hydrogens is 445 g/mol. The number of hydrogen-bond acceptors (Lipinski definition) is 4. The fourth-order valence-corrected chi connectivity index (χ4v) is 2.88. The van der Waals surface area contributed by atoms with Crippen LogP contribution in [0.4, 0.5) is 0 Å². The number of guanidine groups is 1. The molecule has 7 heteroatoms. The van der Waals surface area contributed by atoms with Crippen molar-refractivity contribution in [1.29, 1.82) is 0 Å². The van der Waals surface area contributed by atoms with Crippen LogP contribution in [-0.4, -0.2) is 57.1 Å². The highest BCUT2D eigenvalue weighted by Crippen LogP contribution is 2.32. The number of rotatable bonds is 10. The van der Waals surface area contributed by atoms with Crippen molar-refractivity contribution in [3.63, 3.8) is 0 Å². The highest BCUT2D eigenvalue weighted by molar-refractivity contribution is 14.0. The molecule has 0 radical (unpaired) electrons. The molecule has 0 aromatic heterocycles. The van der Waals surface area contributed by atoms with Gasteiger partial charge in [0.1, 0.15) is 0 Å². The van der Waals surface area contributed by atoms with Crippen molar-refractivity contribution in [3.05, 3.63) is 35.9 Å². The monoisotopic (exact) mass is 477 g/mol. The molecule has 26 heavy (non-hydrogen) atoms. The lowest BCUT2D eigenvalue weighted by Gasteiger charge is -2.24. The Morgan fingerprint density at radius 2 is 2.12 bits per heavy atom. The number of benzene rings is 1. The summed E-state index contributed by atoms with van der Waals surface area (Å²) in [6.45, 7) is 7.05. The summed E-state index contributed by atoms with van der Waals surface area (Å²) >= 11 is 0. The van der Waals surface area contributed by atoms with Crippen LogP contribution >= 0.6 is 24.0 Å². The average molecular weight is 477 g/mol. The van der Waals surface area contributed by atoms with Crippen molar-refractivity contribution in [1.82, 2.24) is 10.6 Å². The minimum atomic E-state index is -0.0269. The molecule has 1 saturated heterocycles. The van der Waals surface area contributed by atoms with Gasteiger partial charge >= 0.3 is 0 Å². The molecular formula is C19H32IN3O3. The van der Waals surface area contributed by atoms with Crippen LogP contribution < -0.4 is 10.6 Å². The minimum Gasteiger partial charge on any atom is -0.396 e. The molecule has 1 atom stereocenters. The first-order valence-corrected chi connectivity index (χ1v) is 9.10. The highest BCUT2D eigenvalue weighted by atomic mass is 127. The van der Waals surface area contributed by atoms with Gasteiger partial charge in [-0.05, 0) is 25.3 Å². The Balaban J connectivity index is 0.00000338.